The molecule has 1 fully saturated rings. The van der Waals surface area contributed by atoms with E-state index >= 15 is 0 Å². The second kappa shape index (κ2) is 10.5. The van der Waals surface area contributed by atoms with E-state index in [4.69, 9.17) is 4.98 Å². The van der Waals surface area contributed by atoms with E-state index < -0.39 is 0 Å². The largest absolute Gasteiger partial charge is 0.331 e. The lowest BCUT2D eigenvalue weighted by Gasteiger charge is -2.36. The lowest BCUT2D eigenvalue weighted by molar-refractivity contribution is 0.0631. The number of carbonyl (C=O) groups is 1. The Balaban J connectivity index is 0.00000267. The van der Waals surface area contributed by atoms with E-state index in [0.29, 0.717) is 12.2 Å². The van der Waals surface area contributed by atoms with Gasteiger partial charge in [-0.2, -0.15) is 0 Å². The van der Waals surface area contributed by atoms with E-state index in [2.05, 4.69) is 70.5 Å². The fourth-order valence-corrected chi connectivity index (χ4v) is 5.64. The number of aromatic nitrogens is 2. The molecule has 0 unspecified atom stereocenters. The highest BCUT2D eigenvalue weighted by Gasteiger charge is 2.33. The van der Waals surface area contributed by atoms with Crippen molar-refractivity contribution in [2.75, 3.05) is 19.6 Å². The Morgan fingerprint density at radius 3 is 2.22 bits per heavy atom. The summed E-state index contributed by atoms with van der Waals surface area (Å²) in [6.07, 6.45) is 4.65. The molecule has 1 aromatic heterocycles. The van der Waals surface area contributed by atoms with Crippen LogP contribution in [0.4, 0.5) is 0 Å². The van der Waals surface area contributed by atoms with E-state index in [0.717, 1.165) is 43.6 Å². The van der Waals surface area contributed by atoms with Crippen molar-refractivity contribution < 1.29 is 4.79 Å². The van der Waals surface area contributed by atoms with Gasteiger partial charge in [0.2, 0.25) is 0 Å². The summed E-state index contributed by atoms with van der Waals surface area (Å²) in [6.45, 7) is 2.28. The second-order valence-corrected chi connectivity index (χ2v) is 9.59. The average molecular weight is 479 g/mol. The van der Waals surface area contributed by atoms with Crippen molar-refractivity contribution in [1.29, 1.82) is 0 Å². The molecule has 36 heavy (non-hydrogen) atoms. The zero-order valence-corrected chi connectivity index (χ0v) is 19.8. The third-order valence-corrected chi connectivity index (χ3v) is 7.39. The van der Waals surface area contributed by atoms with Crippen LogP contribution in [-0.2, 0) is 19.3 Å². The highest BCUT2D eigenvalue weighted by Crippen LogP contribution is 2.35. The number of amides is 1. The topological polar surface area (TPSA) is 50.2 Å². The van der Waals surface area contributed by atoms with Crippen molar-refractivity contribution in [3.05, 3.63) is 114 Å². The van der Waals surface area contributed by atoms with Gasteiger partial charge in [-0.3, -0.25) is 4.79 Å². The molecular weight excluding hydrogens is 444 g/mol. The summed E-state index contributed by atoms with van der Waals surface area (Å²) in [7, 11) is 0. The predicted octanol–water partition coefficient (Wildman–Crippen LogP) is 5.18. The van der Waals surface area contributed by atoms with Crippen LogP contribution in [0, 0.1) is 0 Å². The van der Waals surface area contributed by atoms with Gasteiger partial charge >= 0.3 is 0 Å². The Labute approximate surface area is 213 Å². The van der Waals surface area contributed by atoms with Gasteiger partial charge in [-0.1, -0.05) is 92.4 Å². The monoisotopic (exact) mass is 478 g/mol. The van der Waals surface area contributed by atoms with Gasteiger partial charge in [-0.15, -0.1) is 0 Å². The third-order valence-electron chi connectivity index (χ3n) is 7.39. The van der Waals surface area contributed by atoms with E-state index in [1.54, 1.807) is 0 Å². The molecule has 0 spiro atoms. The summed E-state index contributed by atoms with van der Waals surface area (Å²) in [5.74, 6) is 0.0283. The van der Waals surface area contributed by atoms with Gasteiger partial charge in [0, 0.05) is 37.3 Å². The first-order valence-electron chi connectivity index (χ1n) is 12.5. The number of fused-ring (bicyclic) bond motifs is 1. The van der Waals surface area contributed by atoms with Crippen LogP contribution in [0.1, 0.15) is 40.6 Å². The number of rotatable bonds is 5. The molecule has 1 aliphatic heterocycles. The summed E-state index contributed by atoms with van der Waals surface area (Å²) in [4.78, 5) is 20.9. The summed E-state index contributed by atoms with van der Waals surface area (Å²) < 4.78 is 2.25. The molecule has 0 bridgehead atoms. The van der Waals surface area contributed by atoms with Crippen LogP contribution in [0.15, 0.2) is 91.3 Å². The van der Waals surface area contributed by atoms with E-state index in [1.807, 2.05) is 35.5 Å². The minimum Gasteiger partial charge on any atom is -0.331 e. The minimum absolute atomic E-state index is 0. The maximum Gasteiger partial charge on any atom is 0.275 e. The lowest BCUT2D eigenvalue weighted by Crippen LogP contribution is -2.54. The SMILES string of the molecule is C.O=C(c1ncn(C2Cc3ccccc3C2)c1-c1ccccc1)N1CCNC[C@H]1Cc1ccccc1. The molecule has 2 heterocycles. The molecule has 5 heteroatoms. The molecule has 6 rings (SSSR count). The van der Waals surface area contributed by atoms with Crippen LogP contribution in [0.3, 0.4) is 0 Å². The average Bonchev–Trinajstić information content (AvgIpc) is 3.54. The van der Waals surface area contributed by atoms with Gasteiger partial charge in [0.15, 0.2) is 5.69 Å². The number of hydrogen-bond acceptors (Lipinski definition) is 3. The van der Waals surface area contributed by atoms with Crippen LogP contribution in [0.25, 0.3) is 11.3 Å². The molecule has 5 nitrogen and oxygen atoms in total. The van der Waals surface area contributed by atoms with Crippen LogP contribution in [0.2, 0.25) is 0 Å². The fraction of sp³-hybridized carbons (Fsp3) is 0.290. The van der Waals surface area contributed by atoms with Crippen molar-refractivity contribution in [3.8, 4) is 11.3 Å². The first kappa shape index (κ1) is 24.0. The van der Waals surface area contributed by atoms with Crippen LogP contribution < -0.4 is 5.32 Å². The van der Waals surface area contributed by atoms with Gasteiger partial charge in [0.25, 0.3) is 5.91 Å². The molecule has 1 N–H and O–H groups in total. The number of nitrogens with one attached hydrogen (secondary N) is 1. The molecule has 1 amide bonds. The molecule has 4 aromatic rings. The second-order valence-electron chi connectivity index (χ2n) is 9.59. The van der Waals surface area contributed by atoms with Gasteiger partial charge in [-0.25, -0.2) is 4.98 Å². The molecule has 0 radical (unpaired) electrons. The van der Waals surface area contributed by atoms with E-state index in [1.165, 1.54) is 16.7 Å². The maximum atomic E-state index is 14.1. The van der Waals surface area contributed by atoms with Crippen molar-refractivity contribution in [3.63, 3.8) is 0 Å². The number of benzene rings is 3. The standard InChI is InChI=1S/C30H30N4O.CH4/c35-30(33-16-15-31-20-27(33)17-22-9-3-1-4-10-22)28-29(23-11-5-2-6-12-23)34(21-32-28)26-18-24-13-7-8-14-25(24)19-26;/h1-14,21,26-27,31H,15-20H2;1H4/t27-;/m1./s1. The number of carbonyl (C=O) groups excluding carboxylic acids is 1. The third kappa shape index (κ3) is 4.59. The molecule has 1 aliphatic carbocycles. The Hall–Kier alpha value is -3.70. The summed E-state index contributed by atoms with van der Waals surface area (Å²) in [5.41, 5.74) is 6.57. The van der Waals surface area contributed by atoms with E-state index in [-0.39, 0.29) is 25.4 Å². The van der Waals surface area contributed by atoms with Crippen molar-refractivity contribution in [2.45, 2.75) is 38.8 Å². The van der Waals surface area contributed by atoms with Gasteiger partial charge in [0.1, 0.15) is 0 Å². The molecule has 3 aromatic carbocycles. The van der Waals surface area contributed by atoms with Crippen LogP contribution >= 0.6 is 0 Å². The number of hydrogen-bond donors (Lipinski definition) is 1. The number of piperazine rings is 1. The molecule has 1 saturated heterocycles. The van der Waals surface area contributed by atoms with Gasteiger partial charge in [0.05, 0.1) is 12.0 Å². The summed E-state index contributed by atoms with van der Waals surface area (Å²) in [5, 5.41) is 3.48. The molecule has 0 saturated carbocycles. The highest BCUT2D eigenvalue weighted by molar-refractivity contribution is 5.98. The van der Waals surface area contributed by atoms with Crippen LogP contribution in [-0.4, -0.2) is 46.0 Å². The van der Waals surface area contributed by atoms with Crippen molar-refractivity contribution >= 4 is 5.91 Å². The van der Waals surface area contributed by atoms with Gasteiger partial charge < -0.3 is 14.8 Å². The Morgan fingerprint density at radius 2 is 1.53 bits per heavy atom. The Bertz CT molecular complexity index is 1290. The smallest absolute Gasteiger partial charge is 0.275 e. The summed E-state index contributed by atoms with van der Waals surface area (Å²) >= 11 is 0. The zero-order chi connectivity index (χ0) is 23.6. The zero-order valence-electron chi connectivity index (χ0n) is 19.8. The number of nitrogens with zero attached hydrogens (tertiary/aromatic N) is 3. The van der Waals surface area contributed by atoms with Crippen molar-refractivity contribution in [2.24, 2.45) is 0 Å². The number of imidazole rings is 1. The van der Waals surface area contributed by atoms with Crippen LogP contribution in [0.5, 0.6) is 0 Å². The Morgan fingerprint density at radius 1 is 0.889 bits per heavy atom. The van der Waals surface area contributed by atoms with Crippen molar-refractivity contribution in [1.82, 2.24) is 19.8 Å². The molecule has 1 atom stereocenters. The quantitative estimate of drug-likeness (QED) is 0.430. The fourth-order valence-electron chi connectivity index (χ4n) is 5.64. The molecule has 184 valence electrons. The normalized spacial score (nSPS) is 17.4. The highest BCUT2D eigenvalue weighted by atomic mass is 16.2. The molecule has 2 aliphatic rings. The predicted molar refractivity (Wildman–Crippen MR) is 145 cm³/mol. The van der Waals surface area contributed by atoms with E-state index in [9.17, 15) is 4.79 Å². The lowest BCUT2D eigenvalue weighted by atomic mass is 10.0. The first-order valence-corrected chi connectivity index (χ1v) is 12.5. The Kier molecular flexibility index (Phi) is 7.01. The minimum atomic E-state index is 0. The first-order chi connectivity index (χ1) is 17.3. The van der Waals surface area contributed by atoms with Gasteiger partial charge in [-0.05, 0) is 36.0 Å². The maximum absolute atomic E-state index is 14.1. The summed E-state index contributed by atoms with van der Waals surface area (Å²) in [6, 6.07) is 29.7. The molecular formula is C31H34N4O.